The number of rotatable bonds is 7. The van der Waals surface area contributed by atoms with E-state index < -0.39 is 6.04 Å². The number of hydrogen-bond donors (Lipinski definition) is 3. The molecular weight excluding hydrogens is 230 g/mol. The lowest BCUT2D eigenvalue weighted by molar-refractivity contribution is -0.123. The molecule has 0 heterocycles. The lowest BCUT2D eigenvalue weighted by Crippen LogP contribution is -2.42. The molecule has 98 valence electrons. The minimum absolute atomic E-state index is 0.205. The molecule has 0 aromatic heterocycles. The topological polar surface area (TPSA) is 98.2 Å². The molecular formula is C13H19N3O2. The van der Waals surface area contributed by atoms with Gasteiger partial charge in [0.2, 0.25) is 11.8 Å². The van der Waals surface area contributed by atoms with Crippen LogP contribution in [-0.4, -0.2) is 24.4 Å². The van der Waals surface area contributed by atoms with Crippen molar-refractivity contribution in [1.82, 2.24) is 5.32 Å². The summed E-state index contributed by atoms with van der Waals surface area (Å²) >= 11 is 0. The maximum atomic E-state index is 11.6. The molecule has 1 rings (SSSR count). The minimum Gasteiger partial charge on any atom is -0.370 e. The Morgan fingerprint density at radius 1 is 1.22 bits per heavy atom. The van der Waals surface area contributed by atoms with Crippen molar-refractivity contribution < 1.29 is 9.59 Å². The van der Waals surface area contributed by atoms with E-state index in [0.717, 1.165) is 5.56 Å². The molecule has 18 heavy (non-hydrogen) atoms. The Bertz CT molecular complexity index is 392. The van der Waals surface area contributed by atoms with Crippen molar-refractivity contribution in [2.24, 2.45) is 11.5 Å². The summed E-state index contributed by atoms with van der Waals surface area (Å²) in [7, 11) is 0. The highest BCUT2D eigenvalue weighted by atomic mass is 16.2. The summed E-state index contributed by atoms with van der Waals surface area (Å²) in [6.07, 6.45) is 1.32. The summed E-state index contributed by atoms with van der Waals surface area (Å²) in [5.41, 5.74) is 11.8. The molecule has 0 fully saturated rings. The monoisotopic (exact) mass is 249 g/mol. The maximum absolute atomic E-state index is 11.6. The van der Waals surface area contributed by atoms with Gasteiger partial charge in [-0.2, -0.15) is 0 Å². The van der Waals surface area contributed by atoms with E-state index in [4.69, 9.17) is 11.5 Å². The molecule has 0 aliphatic heterocycles. The predicted octanol–water partition coefficient (Wildman–Crippen LogP) is -0.0619. The molecule has 1 aromatic carbocycles. The van der Waals surface area contributed by atoms with Crippen LogP contribution in [0.3, 0.4) is 0 Å². The molecule has 0 aliphatic carbocycles. The van der Waals surface area contributed by atoms with Crippen LogP contribution in [0.25, 0.3) is 0 Å². The van der Waals surface area contributed by atoms with Gasteiger partial charge in [-0.15, -0.1) is 0 Å². The van der Waals surface area contributed by atoms with E-state index in [-0.39, 0.29) is 18.2 Å². The van der Waals surface area contributed by atoms with E-state index in [2.05, 4.69) is 5.32 Å². The van der Waals surface area contributed by atoms with Crippen molar-refractivity contribution in [3.05, 3.63) is 35.9 Å². The molecule has 0 radical (unpaired) electrons. The van der Waals surface area contributed by atoms with E-state index in [0.29, 0.717) is 19.4 Å². The first-order valence-electron chi connectivity index (χ1n) is 5.95. The fraction of sp³-hybridized carbons (Fsp3) is 0.385. The first-order valence-corrected chi connectivity index (χ1v) is 5.95. The lowest BCUT2D eigenvalue weighted by Gasteiger charge is -2.12. The van der Waals surface area contributed by atoms with Gasteiger partial charge in [-0.1, -0.05) is 30.3 Å². The Labute approximate surface area is 107 Å². The van der Waals surface area contributed by atoms with E-state index >= 15 is 0 Å². The van der Waals surface area contributed by atoms with Crippen LogP contribution in [0.15, 0.2) is 30.3 Å². The zero-order valence-electron chi connectivity index (χ0n) is 10.3. The standard InChI is InChI=1S/C13H19N3O2/c14-11(9-10-5-2-1-3-6-10)13(18)16-8-4-7-12(15)17/h1-3,5-6,11H,4,7-9,14H2,(H2,15,17)(H,16,18). The van der Waals surface area contributed by atoms with Crippen LogP contribution in [0.5, 0.6) is 0 Å². The van der Waals surface area contributed by atoms with Crippen LogP contribution in [0.4, 0.5) is 0 Å². The van der Waals surface area contributed by atoms with Crippen molar-refractivity contribution in [2.75, 3.05) is 6.54 Å². The Hall–Kier alpha value is -1.88. The molecule has 2 amide bonds. The second kappa shape index (κ2) is 7.45. The van der Waals surface area contributed by atoms with Crippen LogP contribution in [0.1, 0.15) is 18.4 Å². The van der Waals surface area contributed by atoms with Gasteiger partial charge < -0.3 is 16.8 Å². The molecule has 5 nitrogen and oxygen atoms in total. The van der Waals surface area contributed by atoms with Gasteiger partial charge in [0.05, 0.1) is 6.04 Å². The smallest absolute Gasteiger partial charge is 0.237 e. The fourth-order valence-electron chi connectivity index (χ4n) is 1.57. The van der Waals surface area contributed by atoms with Crippen LogP contribution >= 0.6 is 0 Å². The summed E-state index contributed by atoms with van der Waals surface area (Å²) in [5.74, 6) is -0.568. The predicted molar refractivity (Wildman–Crippen MR) is 69.6 cm³/mol. The number of nitrogens with one attached hydrogen (secondary N) is 1. The van der Waals surface area contributed by atoms with Crippen molar-refractivity contribution in [1.29, 1.82) is 0 Å². The first kappa shape index (κ1) is 14.2. The number of primary amides is 1. The molecule has 1 aromatic rings. The number of hydrogen-bond acceptors (Lipinski definition) is 3. The largest absolute Gasteiger partial charge is 0.370 e. The third kappa shape index (κ3) is 5.45. The number of nitrogens with two attached hydrogens (primary N) is 2. The Morgan fingerprint density at radius 3 is 2.50 bits per heavy atom. The van der Waals surface area contributed by atoms with Crippen LogP contribution in [0, 0.1) is 0 Å². The molecule has 1 unspecified atom stereocenters. The van der Waals surface area contributed by atoms with E-state index in [1.54, 1.807) is 0 Å². The summed E-state index contributed by atoms with van der Waals surface area (Å²) in [4.78, 5) is 22.1. The van der Waals surface area contributed by atoms with Crippen molar-refractivity contribution in [3.63, 3.8) is 0 Å². The number of carbonyl (C=O) groups excluding carboxylic acids is 2. The summed E-state index contributed by atoms with van der Waals surface area (Å²) in [5, 5.41) is 2.69. The summed E-state index contributed by atoms with van der Waals surface area (Å²) in [6, 6.07) is 9.03. The number of benzene rings is 1. The Kier molecular flexibility index (Phi) is 5.87. The van der Waals surface area contributed by atoms with E-state index in [9.17, 15) is 9.59 Å². The molecule has 0 aliphatic rings. The summed E-state index contributed by atoms with van der Waals surface area (Å²) in [6.45, 7) is 0.421. The minimum atomic E-state index is -0.569. The van der Waals surface area contributed by atoms with Gasteiger partial charge >= 0.3 is 0 Å². The van der Waals surface area contributed by atoms with Crippen LogP contribution in [0.2, 0.25) is 0 Å². The van der Waals surface area contributed by atoms with Gasteiger partial charge in [0.25, 0.3) is 0 Å². The Balaban J connectivity index is 2.27. The SMILES string of the molecule is NC(=O)CCCNC(=O)C(N)Cc1ccccc1. The lowest BCUT2D eigenvalue weighted by atomic mass is 10.1. The average Bonchev–Trinajstić information content (AvgIpc) is 2.35. The normalized spacial score (nSPS) is 11.8. The molecule has 5 heteroatoms. The highest BCUT2D eigenvalue weighted by Crippen LogP contribution is 2.01. The summed E-state index contributed by atoms with van der Waals surface area (Å²) < 4.78 is 0. The van der Waals surface area contributed by atoms with Gasteiger partial charge in [0, 0.05) is 13.0 Å². The zero-order chi connectivity index (χ0) is 13.4. The van der Waals surface area contributed by atoms with Gasteiger partial charge in [-0.25, -0.2) is 0 Å². The van der Waals surface area contributed by atoms with Crippen molar-refractivity contribution in [2.45, 2.75) is 25.3 Å². The Morgan fingerprint density at radius 2 is 1.89 bits per heavy atom. The molecule has 0 spiro atoms. The first-order chi connectivity index (χ1) is 8.59. The third-order valence-electron chi connectivity index (χ3n) is 2.53. The second-order valence-electron chi connectivity index (χ2n) is 4.16. The van der Waals surface area contributed by atoms with E-state index in [1.165, 1.54) is 0 Å². The number of amides is 2. The maximum Gasteiger partial charge on any atom is 0.237 e. The van der Waals surface area contributed by atoms with Crippen LogP contribution < -0.4 is 16.8 Å². The zero-order valence-corrected chi connectivity index (χ0v) is 10.3. The molecule has 0 bridgehead atoms. The molecule has 0 saturated heterocycles. The van der Waals surface area contributed by atoms with Gasteiger partial charge in [-0.3, -0.25) is 9.59 Å². The third-order valence-corrected chi connectivity index (χ3v) is 2.53. The average molecular weight is 249 g/mol. The number of carbonyl (C=O) groups is 2. The second-order valence-corrected chi connectivity index (χ2v) is 4.16. The van der Waals surface area contributed by atoms with Gasteiger partial charge in [-0.05, 0) is 18.4 Å². The highest BCUT2D eigenvalue weighted by Gasteiger charge is 2.13. The van der Waals surface area contributed by atoms with Gasteiger partial charge in [0.1, 0.15) is 0 Å². The van der Waals surface area contributed by atoms with E-state index in [1.807, 2.05) is 30.3 Å². The van der Waals surface area contributed by atoms with Gasteiger partial charge in [0.15, 0.2) is 0 Å². The quantitative estimate of drug-likeness (QED) is 0.590. The fourth-order valence-corrected chi connectivity index (χ4v) is 1.57. The van der Waals surface area contributed by atoms with Crippen molar-refractivity contribution >= 4 is 11.8 Å². The van der Waals surface area contributed by atoms with Crippen molar-refractivity contribution in [3.8, 4) is 0 Å². The highest BCUT2D eigenvalue weighted by molar-refractivity contribution is 5.81. The molecule has 0 saturated carbocycles. The molecule has 5 N–H and O–H groups in total. The molecule has 1 atom stereocenters. The van der Waals surface area contributed by atoms with Crippen LogP contribution in [-0.2, 0) is 16.0 Å².